The van der Waals surface area contributed by atoms with E-state index in [-0.39, 0.29) is 23.9 Å². The molecule has 0 saturated carbocycles. The van der Waals surface area contributed by atoms with Crippen LogP contribution in [0.15, 0.2) is 12.3 Å². The molecule has 0 bridgehead atoms. The fourth-order valence-electron chi connectivity index (χ4n) is 1.41. The lowest BCUT2D eigenvalue weighted by Crippen LogP contribution is -2.35. The summed E-state index contributed by atoms with van der Waals surface area (Å²) in [5.74, 6) is -0.427. The lowest BCUT2D eigenvalue weighted by Gasteiger charge is -2.07. The highest BCUT2D eigenvalue weighted by molar-refractivity contribution is 7.88. The van der Waals surface area contributed by atoms with Crippen molar-refractivity contribution in [3.8, 4) is 0 Å². The molecule has 0 fully saturated rings. The molecule has 4 N–H and O–H groups in total. The maximum absolute atomic E-state index is 12.5. The fraction of sp³-hybridized carbons (Fsp3) is 0.455. The van der Waals surface area contributed by atoms with Crippen molar-refractivity contribution in [1.29, 1.82) is 0 Å². The number of H-pyrrole nitrogens is 1. The number of nitrogens with one attached hydrogen (secondary N) is 4. The van der Waals surface area contributed by atoms with Crippen molar-refractivity contribution in [3.05, 3.63) is 22.8 Å². The Labute approximate surface area is 140 Å². The van der Waals surface area contributed by atoms with Gasteiger partial charge in [0.25, 0.3) is 5.82 Å². The van der Waals surface area contributed by atoms with Gasteiger partial charge in [0, 0.05) is 0 Å². The summed E-state index contributed by atoms with van der Waals surface area (Å²) in [5, 5.41) is 4.95. The summed E-state index contributed by atoms with van der Waals surface area (Å²) in [5.41, 5.74) is -0.915. The van der Waals surface area contributed by atoms with E-state index in [9.17, 15) is 26.4 Å². The minimum atomic E-state index is -4.51. The van der Waals surface area contributed by atoms with Gasteiger partial charge in [-0.2, -0.15) is 13.2 Å². The van der Waals surface area contributed by atoms with Crippen LogP contribution in [-0.2, 0) is 25.8 Å². The molecule has 1 rings (SSSR count). The maximum atomic E-state index is 12.5. The van der Waals surface area contributed by atoms with Crippen molar-refractivity contribution in [3.63, 3.8) is 0 Å². The maximum Gasteiger partial charge on any atom is 0.419 e. The molecule has 0 atom stereocenters. The lowest BCUT2D eigenvalue weighted by atomic mass is 10.3. The number of sulfonamides is 1. The smallest absolute Gasteiger partial charge is 0.350 e. The number of carbonyl (C=O) groups excluding carboxylic acids is 1. The number of hydrogen-bond acceptors (Lipinski definition) is 5. The van der Waals surface area contributed by atoms with Gasteiger partial charge in [0.15, 0.2) is 0 Å². The SMILES string of the molecule is CS(=O)(=O)NOCC(=O)NCCNc1[nH+]cc(C(F)(F)F)cc1Cl. The first-order valence-electron chi connectivity index (χ1n) is 6.36. The number of amides is 1. The Morgan fingerprint density at radius 1 is 1.38 bits per heavy atom. The quantitative estimate of drug-likeness (QED) is 0.432. The van der Waals surface area contributed by atoms with E-state index in [0.29, 0.717) is 0 Å². The van der Waals surface area contributed by atoms with E-state index in [4.69, 9.17) is 11.6 Å². The summed E-state index contributed by atoms with van der Waals surface area (Å²) >= 11 is 5.72. The molecule has 1 heterocycles. The molecule has 1 aromatic heterocycles. The molecular formula is C11H15ClF3N4O4S+. The van der Waals surface area contributed by atoms with Crippen LogP contribution in [0.4, 0.5) is 19.0 Å². The molecule has 13 heteroatoms. The molecule has 1 amide bonds. The van der Waals surface area contributed by atoms with Gasteiger partial charge in [-0.15, -0.1) is 0 Å². The van der Waals surface area contributed by atoms with Crippen LogP contribution in [0.5, 0.6) is 0 Å². The molecule has 0 spiro atoms. The second-order valence-corrected chi connectivity index (χ2v) is 6.65. The number of carbonyl (C=O) groups is 1. The van der Waals surface area contributed by atoms with Crippen LogP contribution in [0.3, 0.4) is 0 Å². The van der Waals surface area contributed by atoms with Crippen LogP contribution in [0.2, 0.25) is 5.02 Å². The highest BCUT2D eigenvalue weighted by Gasteiger charge is 2.32. The van der Waals surface area contributed by atoms with Crippen molar-refractivity contribution >= 4 is 33.3 Å². The standard InChI is InChI=1S/C11H14ClF3N4O4S/c1-24(21,22)19-23-6-9(20)16-2-3-17-10-8(12)4-7(5-18-10)11(13,14)15/h4-5,19H,2-3,6H2,1H3,(H,16,20)(H,17,18)/p+1. The molecule has 0 aliphatic rings. The molecule has 0 aliphatic carbocycles. The number of hydrogen-bond donors (Lipinski definition) is 3. The molecule has 8 nitrogen and oxygen atoms in total. The van der Waals surface area contributed by atoms with E-state index < -0.39 is 34.3 Å². The Bertz CT molecular complexity index is 684. The van der Waals surface area contributed by atoms with Crippen LogP contribution in [-0.4, -0.2) is 40.3 Å². The normalized spacial score (nSPS) is 12.0. The van der Waals surface area contributed by atoms with Crippen molar-refractivity contribution < 1.29 is 36.2 Å². The van der Waals surface area contributed by atoms with Gasteiger partial charge in [-0.1, -0.05) is 16.5 Å². The topological polar surface area (TPSA) is 111 Å². The Balaban J connectivity index is 2.34. The van der Waals surface area contributed by atoms with Crippen molar-refractivity contribution in [2.45, 2.75) is 6.18 Å². The summed E-state index contributed by atoms with van der Waals surface area (Å²) in [4.78, 5) is 19.8. The van der Waals surface area contributed by atoms with Gasteiger partial charge in [0.1, 0.15) is 24.4 Å². The number of halogens is 4. The first-order valence-corrected chi connectivity index (χ1v) is 8.63. The Hall–Kier alpha value is -1.63. The summed E-state index contributed by atoms with van der Waals surface area (Å²) in [7, 11) is -3.56. The number of aromatic nitrogens is 1. The predicted molar refractivity (Wildman–Crippen MR) is 78.4 cm³/mol. The van der Waals surface area contributed by atoms with Crippen molar-refractivity contribution in [1.82, 2.24) is 10.2 Å². The minimum Gasteiger partial charge on any atom is -0.350 e. The molecule has 0 radical (unpaired) electrons. The van der Waals surface area contributed by atoms with Gasteiger partial charge < -0.3 is 5.32 Å². The van der Waals surface area contributed by atoms with Crippen LogP contribution >= 0.6 is 11.6 Å². The number of pyridine rings is 1. The minimum absolute atomic E-state index is 0.103. The van der Waals surface area contributed by atoms with E-state index in [1.165, 1.54) is 0 Å². The molecule has 0 unspecified atom stereocenters. The van der Waals surface area contributed by atoms with E-state index >= 15 is 0 Å². The summed E-state index contributed by atoms with van der Waals surface area (Å²) in [6.07, 6.45) is -2.89. The Morgan fingerprint density at radius 3 is 2.58 bits per heavy atom. The zero-order chi connectivity index (χ0) is 18.4. The van der Waals surface area contributed by atoms with Crippen molar-refractivity contribution in [2.24, 2.45) is 0 Å². The van der Waals surface area contributed by atoms with E-state index in [1.807, 2.05) is 0 Å². The molecule has 1 aromatic rings. The molecular weight excluding hydrogens is 377 g/mol. The zero-order valence-electron chi connectivity index (χ0n) is 12.3. The van der Waals surface area contributed by atoms with Gasteiger partial charge in [-0.05, 0) is 6.07 Å². The predicted octanol–water partition coefficient (Wildman–Crippen LogP) is 0.182. The third-order valence-electron chi connectivity index (χ3n) is 2.38. The van der Waals surface area contributed by atoms with Gasteiger partial charge in [0.05, 0.1) is 18.4 Å². The van der Waals surface area contributed by atoms with Crippen LogP contribution in [0.1, 0.15) is 5.56 Å². The van der Waals surface area contributed by atoms with E-state index in [1.54, 1.807) is 4.89 Å². The fourth-order valence-corrected chi connectivity index (χ4v) is 1.92. The highest BCUT2D eigenvalue weighted by atomic mass is 35.5. The largest absolute Gasteiger partial charge is 0.419 e. The average molecular weight is 392 g/mol. The second-order valence-electron chi connectivity index (χ2n) is 4.53. The number of anilines is 1. The molecule has 0 aromatic carbocycles. The third-order valence-corrected chi connectivity index (χ3v) is 3.10. The summed E-state index contributed by atoms with van der Waals surface area (Å²) < 4.78 is 58.8. The molecule has 136 valence electrons. The number of alkyl halides is 3. The number of rotatable bonds is 8. The highest BCUT2D eigenvalue weighted by Crippen LogP contribution is 2.30. The Morgan fingerprint density at radius 2 is 2.04 bits per heavy atom. The van der Waals surface area contributed by atoms with Gasteiger partial charge >= 0.3 is 6.18 Å². The van der Waals surface area contributed by atoms with Gasteiger partial charge in [-0.25, -0.2) is 13.4 Å². The third kappa shape index (κ3) is 7.77. The van der Waals surface area contributed by atoms with Gasteiger partial charge in [0.2, 0.25) is 15.9 Å². The van der Waals surface area contributed by atoms with E-state index in [0.717, 1.165) is 18.5 Å². The van der Waals surface area contributed by atoms with Crippen LogP contribution in [0, 0.1) is 0 Å². The summed E-state index contributed by atoms with van der Waals surface area (Å²) in [6.45, 7) is -0.265. The van der Waals surface area contributed by atoms with Crippen molar-refractivity contribution in [2.75, 3.05) is 31.3 Å². The first kappa shape index (κ1) is 20.4. The molecule has 24 heavy (non-hydrogen) atoms. The first-order chi connectivity index (χ1) is 11.0. The van der Waals surface area contributed by atoms with Crippen LogP contribution < -0.4 is 20.5 Å². The van der Waals surface area contributed by atoms with E-state index in [2.05, 4.69) is 20.5 Å². The van der Waals surface area contributed by atoms with Crippen LogP contribution in [0.25, 0.3) is 0 Å². The van der Waals surface area contributed by atoms with Gasteiger partial charge in [-0.3, -0.25) is 14.9 Å². The monoisotopic (exact) mass is 391 g/mol. The summed E-state index contributed by atoms with van der Waals surface area (Å²) in [6, 6.07) is 0.768. The molecule has 0 aliphatic heterocycles. The lowest BCUT2D eigenvalue weighted by molar-refractivity contribution is -0.364. The average Bonchev–Trinajstić information content (AvgIpc) is 2.42. The Kier molecular flexibility index (Phi) is 7.20. The number of aromatic amines is 1. The zero-order valence-corrected chi connectivity index (χ0v) is 13.9. The molecule has 0 saturated heterocycles. The second kappa shape index (κ2) is 8.46.